The molecular formula is C17H35N3. The molecule has 2 aliphatic rings. The maximum Gasteiger partial charge on any atom is 0.0309 e. The smallest absolute Gasteiger partial charge is 0.0309 e. The van der Waals surface area contributed by atoms with Crippen LogP contribution in [0.3, 0.4) is 0 Å². The molecule has 1 heterocycles. The van der Waals surface area contributed by atoms with Gasteiger partial charge in [0.1, 0.15) is 0 Å². The van der Waals surface area contributed by atoms with Crippen molar-refractivity contribution in [3.05, 3.63) is 0 Å². The summed E-state index contributed by atoms with van der Waals surface area (Å²) in [6, 6.07) is 0.766. The van der Waals surface area contributed by atoms with Crippen molar-refractivity contribution in [1.29, 1.82) is 0 Å². The molecule has 0 aromatic carbocycles. The fourth-order valence-corrected chi connectivity index (χ4v) is 4.01. The van der Waals surface area contributed by atoms with Crippen LogP contribution in [0.5, 0.6) is 0 Å². The molecule has 3 nitrogen and oxygen atoms in total. The second-order valence-electron chi connectivity index (χ2n) is 7.26. The van der Waals surface area contributed by atoms with E-state index in [0.717, 1.165) is 6.04 Å². The van der Waals surface area contributed by atoms with E-state index >= 15 is 0 Å². The quantitative estimate of drug-likeness (QED) is 0.755. The molecule has 0 amide bonds. The van der Waals surface area contributed by atoms with E-state index in [-0.39, 0.29) is 0 Å². The van der Waals surface area contributed by atoms with Gasteiger partial charge in [-0.05, 0) is 59.3 Å². The molecule has 1 unspecified atom stereocenters. The zero-order valence-corrected chi connectivity index (χ0v) is 14.0. The van der Waals surface area contributed by atoms with Gasteiger partial charge >= 0.3 is 0 Å². The summed E-state index contributed by atoms with van der Waals surface area (Å²) in [5, 5.41) is 3.92. The standard InChI is InChI=1S/C17H35N3/c1-4-16-14-18-17(10-6-5-7-11-17)15-20(16)13-9-8-12-19(2)3/h16,18H,4-15H2,1-3H3. The summed E-state index contributed by atoms with van der Waals surface area (Å²) in [5.41, 5.74) is 0.464. The average molecular weight is 281 g/mol. The third-order valence-corrected chi connectivity index (χ3v) is 5.32. The van der Waals surface area contributed by atoms with E-state index in [2.05, 4.69) is 36.1 Å². The first-order chi connectivity index (χ1) is 9.65. The number of piperazine rings is 1. The maximum absolute atomic E-state index is 3.92. The Labute approximate surface area is 126 Å². The van der Waals surface area contributed by atoms with Crippen molar-refractivity contribution in [2.24, 2.45) is 0 Å². The fourth-order valence-electron chi connectivity index (χ4n) is 4.01. The van der Waals surface area contributed by atoms with Gasteiger partial charge < -0.3 is 10.2 Å². The van der Waals surface area contributed by atoms with Crippen LogP contribution in [0.15, 0.2) is 0 Å². The van der Waals surface area contributed by atoms with E-state index in [1.165, 1.54) is 77.5 Å². The molecule has 1 saturated heterocycles. The minimum atomic E-state index is 0.464. The van der Waals surface area contributed by atoms with E-state index in [4.69, 9.17) is 0 Å². The highest BCUT2D eigenvalue weighted by atomic mass is 15.3. The van der Waals surface area contributed by atoms with Crippen molar-refractivity contribution < 1.29 is 0 Å². The van der Waals surface area contributed by atoms with E-state index < -0.39 is 0 Å². The molecule has 1 aliphatic carbocycles. The lowest BCUT2D eigenvalue weighted by atomic mass is 9.79. The van der Waals surface area contributed by atoms with Gasteiger partial charge in [-0.1, -0.05) is 26.2 Å². The Morgan fingerprint density at radius 3 is 2.55 bits per heavy atom. The average Bonchev–Trinajstić information content (AvgIpc) is 2.44. The first-order valence-corrected chi connectivity index (χ1v) is 8.79. The van der Waals surface area contributed by atoms with Gasteiger partial charge in [0.25, 0.3) is 0 Å². The summed E-state index contributed by atoms with van der Waals surface area (Å²) < 4.78 is 0. The van der Waals surface area contributed by atoms with Gasteiger partial charge in [-0.2, -0.15) is 0 Å². The zero-order valence-electron chi connectivity index (χ0n) is 14.0. The molecule has 1 aliphatic heterocycles. The van der Waals surface area contributed by atoms with Gasteiger partial charge in [-0.15, -0.1) is 0 Å². The van der Waals surface area contributed by atoms with Gasteiger partial charge in [-0.3, -0.25) is 4.90 Å². The van der Waals surface area contributed by atoms with Crippen molar-refractivity contribution in [2.75, 3.05) is 40.3 Å². The third-order valence-electron chi connectivity index (χ3n) is 5.32. The topological polar surface area (TPSA) is 18.5 Å². The molecule has 2 fully saturated rings. The molecule has 20 heavy (non-hydrogen) atoms. The van der Waals surface area contributed by atoms with Gasteiger partial charge in [-0.25, -0.2) is 0 Å². The van der Waals surface area contributed by atoms with Gasteiger partial charge in [0.2, 0.25) is 0 Å². The molecule has 118 valence electrons. The molecule has 2 rings (SSSR count). The minimum Gasteiger partial charge on any atom is -0.309 e. The summed E-state index contributed by atoms with van der Waals surface area (Å²) in [5.74, 6) is 0. The van der Waals surface area contributed by atoms with Crippen molar-refractivity contribution >= 4 is 0 Å². The summed E-state index contributed by atoms with van der Waals surface area (Å²) in [6.45, 7) is 7.39. The Hall–Kier alpha value is -0.120. The Bertz CT molecular complexity index is 271. The molecule has 1 atom stereocenters. The van der Waals surface area contributed by atoms with Crippen LogP contribution in [-0.4, -0.2) is 61.7 Å². The Balaban J connectivity index is 1.82. The van der Waals surface area contributed by atoms with Crippen LogP contribution in [-0.2, 0) is 0 Å². The number of hydrogen-bond donors (Lipinski definition) is 1. The Morgan fingerprint density at radius 1 is 1.15 bits per heavy atom. The van der Waals surface area contributed by atoms with Crippen LogP contribution in [0.4, 0.5) is 0 Å². The van der Waals surface area contributed by atoms with E-state index in [0.29, 0.717) is 5.54 Å². The van der Waals surface area contributed by atoms with Crippen LogP contribution in [0.25, 0.3) is 0 Å². The monoisotopic (exact) mass is 281 g/mol. The lowest BCUT2D eigenvalue weighted by Gasteiger charge is -2.49. The lowest BCUT2D eigenvalue weighted by Crippen LogP contribution is -2.64. The fraction of sp³-hybridized carbons (Fsp3) is 1.00. The molecular weight excluding hydrogens is 246 g/mol. The van der Waals surface area contributed by atoms with Crippen molar-refractivity contribution in [3.63, 3.8) is 0 Å². The maximum atomic E-state index is 3.92. The number of nitrogens with one attached hydrogen (secondary N) is 1. The van der Waals surface area contributed by atoms with Crippen molar-refractivity contribution in [1.82, 2.24) is 15.1 Å². The summed E-state index contributed by atoms with van der Waals surface area (Å²) in [6.07, 6.45) is 11.1. The normalized spacial score (nSPS) is 27.3. The molecule has 0 bridgehead atoms. The molecule has 0 radical (unpaired) electrons. The van der Waals surface area contributed by atoms with E-state index in [1.807, 2.05) is 0 Å². The molecule has 3 heteroatoms. The number of nitrogens with zero attached hydrogens (tertiary/aromatic N) is 2. The number of rotatable bonds is 6. The predicted octanol–water partition coefficient (Wildman–Crippen LogP) is 2.71. The molecule has 0 aromatic rings. The largest absolute Gasteiger partial charge is 0.309 e. The Morgan fingerprint density at radius 2 is 1.90 bits per heavy atom. The Kier molecular flexibility index (Phi) is 6.31. The summed E-state index contributed by atoms with van der Waals surface area (Å²) in [7, 11) is 4.35. The molecule has 1 spiro atoms. The SMILES string of the molecule is CCC1CNC2(CCCCC2)CN1CCCCN(C)C. The van der Waals surface area contributed by atoms with Crippen LogP contribution in [0.2, 0.25) is 0 Å². The highest BCUT2D eigenvalue weighted by molar-refractivity contribution is 4.99. The van der Waals surface area contributed by atoms with Crippen LogP contribution in [0, 0.1) is 0 Å². The molecule has 1 saturated carbocycles. The first kappa shape index (κ1) is 16.3. The van der Waals surface area contributed by atoms with Crippen LogP contribution in [0.1, 0.15) is 58.3 Å². The predicted molar refractivity (Wildman–Crippen MR) is 87.3 cm³/mol. The van der Waals surface area contributed by atoms with Gasteiger partial charge in [0.05, 0.1) is 0 Å². The second-order valence-corrected chi connectivity index (χ2v) is 7.26. The van der Waals surface area contributed by atoms with Gasteiger partial charge in [0, 0.05) is 24.7 Å². The van der Waals surface area contributed by atoms with E-state index in [1.54, 1.807) is 0 Å². The number of hydrogen-bond acceptors (Lipinski definition) is 3. The summed E-state index contributed by atoms with van der Waals surface area (Å²) in [4.78, 5) is 5.11. The van der Waals surface area contributed by atoms with Crippen molar-refractivity contribution in [2.45, 2.75) is 69.9 Å². The zero-order chi connectivity index (χ0) is 14.4. The number of unbranched alkanes of at least 4 members (excludes halogenated alkanes) is 1. The molecule has 0 aromatic heterocycles. The minimum absolute atomic E-state index is 0.464. The highest BCUT2D eigenvalue weighted by Crippen LogP contribution is 2.32. The highest BCUT2D eigenvalue weighted by Gasteiger charge is 2.38. The lowest BCUT2D eigenvalue weighted by molar-refractivity contribution is 0.0525. The van der Waals surface area contributed by atoms with Crippen LogP contribution < -0.4 is 5.32 Å². The third kappa shape index (κ3) is 4.44. The van der Waals surface area contributed by atoms with E-state index in [9.17, 15) is 0 Å². The second kappa shape index (κ2) is 7.77. The summed E-state index contributed by atoms with van der Waals surface area (Å²) >= 11 is 0. The first-order valence-electron chi connectivity index (χ1n) is 8.79. The van der Waals surface area contributed by atoms with Crippen LogP contribution >= 0.6 is 0 Å². The van der Waals surface area contributed by atoms with Gasteiger partial charge in [0.15, 0.2) is 0 Å². The molecule has 1 N–H and O–H groups in total. The van der Waals surface area contributed by atoms with Crippen molar-refractivity contribution in [3.8, 4) is 0 Å².